The lowest BCUT2D eigenvalue weighted by molar-refractivity contribution is -0.169. The molecule has 0 unspecified atom stereocenters. The second-order valence-corrected chi connectivity index (χ2v) is 8.41. The quantitative estimate of drug-likeness (QED) is 0.537. The normalized spacial score (nSPS) is 28.2. The van der Waals surface area contributed by atoms with Gasteiger partial charge in [0.2, 0.25) is 6.41 Å². The van der Waals surface area contributed by atoms with Gasteiger partial charge in [0, 0.05) is 43.4 Å². The van der Waals surface area contributed by atoms with Crippen molar-refractivity contribution in [3.8, 4) is 11.5 Å². The van der Waals surface area contributed by atoms with E-state index in [1.165, 1.54) is 28.1 Å². The summed E-state index contributed by atoms with van der Waals surface area (Å²) in [4.78, 5) is 37.5. The number of aromatic hydroxyl groups is 1. The molecule has 0 radical (unpaired) electrons. The number of amides is 1. The highest BCUT2D eigenvalue weighted by molar-refractivity contribution is 5.69. The Kier molecular flexibility index (Phi) is 5.52. The number of hydrogen-bond acceptors (Lipinski definition) is 8. The first-order valence-electron chi connectivity index (χ1n) is 10.5. The molecule has 1 aromatic rings. The zero-order valence-corrected chi connectivity index (χ0v) is 18.5. The number of phenols is 1. The highest BCUT2D eigenvalue weighted by Crippen LogP contribution is 2.59. The van der Waals surface area contributed by atoms with Crippen molar-refractivity contribution in [2.75, 3.05) is 20.8 Å². The molecule has 1 N–H and O–H groups in total. The van der Waals surface area contributed by atoms with Crippen LogP contribution < -0.4 is 4.74 Å². The molecule has 0 aromatic heterocycles. The maximum absolute atomic E-state index is 11.9. The van der Waals surface area contributed by atoms with E-state index in [1.54, 1.807) is 11.0 Å². The van der Waals surface area contributed by atoms with Crippen molar-refractivity contribution in [1.82, 2.24) is 4.90 Å². The van der Waals surface area contributed by atoms with Gasteiger partial charge in [-0.05, 0) is 24.5 Å². The number of hydrogen-bond donors (Lipinski definition) is 1. The molecule has 0 spiro atoms. The predicted octanol–water partition coefficient (Wildman–Crippen LogP) is 1.59. The van der Waals surface area contributed by atoms with Crippen LogP contribution in [0, 0.1) is 0 Å². The molecule has 172 valence electrons. The summed E-state index contributed by atoms with van der Waals surface area (Å²) in [5.41, 5.74) is 1.55. The molecule has 4 atom stereocenters. The van der Waals surface area contributed by atoms with Gasteiger partial charge in [-0.2, -0.15) is 0 Å². The van der Waals surface area contributed by atoms with Gasteiger partial charge in [0.05, 0.1) is 20.3 Å². The first-order chi connectivity index (χ1) is 15.3. The maximum Gasteiger partial charge on any atom is 0.303 e. The SMILES string of the molecule is COC1=C2[C@H]3Cc4ccc(OC)c(O)c4[C@]2(CCN3C=O)C[C@H](OC(C)=O)[C@@H]1OC(C)=O. The lowest BCUT2D eigenvalue weighted by Crippen LogP contribution is -2.60. The summed E-state index contributed by atoms with van der Waals surface area (Å²) >= 11 is 0. The van der Waals surface area contributed by atoms with Crippen LogP contribution in [0.2, 0.25) is 0 Å². The third-order valence-electron chi connectivity index (χ3n) is 6.76. The van der Waals surface area contributed by atoms with Crippen LogP contribution in [0.3, 0.4) is 0 Å². The van der Waals surface area contributed by atoms with Crippen LogP contribution in [0.4, 0.5) is 0 Å². The highest BCUT2D eigenvalue weighted by Gasteiger charge is 2.59. The van der Waals surface area contributed by atoms with Crippen LogP contribution in [0.15, 0.2) is 23.5 Å². The number of fused-ring (bicyclic) bond motifs is 1. The molecule has 9 heteroatoms. The standard InChI is InChI=1S/C23H27NO8/c1-12(26)31-17-10-23-7-8-24(11-25)15(19(23)22(30-4)21(17)32-13(2)27)9-14-5-6-16(29-3)20(28)18(14)23/h5-6,11,15,17,21,28H,7-10H2,1-4H3/t15-,17+,21+,23+/m1/s1. The fourth-order valence-corrected chi connectivity index (χ4v) is 5.73. The van der Waals surface area contributed by atoms with Crippen molar-refractivity contribution in [3.63, 3.8) is 0 Å². The van der Waals surface area contributed by atoms with Crippen LogP contribution >= 0.6 is 0 Å². The molecule has 9 nitrogen and oxygen atoms in total. The second kappa shape index (κ2) is 8.03. The first-order valence-corrected chi connectivity index (χ1v) is 10.5. The van der Waals surface area contributed by atoms with Gasteiger partial charge < -0.3 is 29.0 Å². The first kappa shape index (κ1) is 22.0. The molecule has 1 amide bonds. The average Bonchev–Trinajstić information content (AvgIpc) is 2.73. The summed E-state index contributed by atoms with van der Waals surface area (Å²) in [7, 11) is 2.95. The van der Waals surface area contributed by atoms with Crippen molar-refractivity contribution >= 4 is 18.3 Å². The van der Waals surface area contributed by atoms with E-state index in [0.717, 1.165) is 17.5 Å². The van der Waals surface area contributed by atoms with Gasteiger partial charge in [-0.25, -0.2) is 0 Å². The lowest BCUT2D eigenvalue weighted by Gasteiger charge is -2.56. The number of benzene rings is 1. The van der Waals surface area contributed by atoms with Gasteiger partial charge in [-0.3, -0.25) is 14.4 Å². The van der Waals surface area contributed by atoms with Gasteiger partial charge in [0.1, 0.15) is 11.9 Å². The summed E-state index contributed by atoms with van der Waals surface area (Å²) in [5, 5.41) is 11.2. The van der Waals surface area contributed by atoms with Gasteiger partial charge in [-0.1, -0.05) is 6.07 Å². The zero-order valence-electron chi connectivity index (χ0n) is 18.5. The summed E-state index contributed by atoms with van der Waals surface area (Å²) in [6.45, 7) is 3.02. The summed E-state index contributed by atoms with van der Waals surface area (Å²) in [6.07, 6.45) is 0.234. The molecule has 2 bridgehead atoms. The molecular formula is C23H27NO8. The summed E-state index contributed by atoms with van der Waals surface area (Å²) < 4.78 is 22.3. The van der Waals surface area contributed by atoms with Crippen LogP contribution in [-0.4, -0.2) is 67.4 Å². The van der Waals surface area contributed by atoms with E-state index in [-0.39, 0.29) is 18.2 Å². The number of carbonyl (C=O) groups excluding carboxylic acids is 3. The number of rotatable bonds is 5. The number of carbonyl (C=O) groups is 3. The number of nitrogens with zero attached hydrogens (tertiary/aromatic N) is 1. The van der Waals surface area contributed by atoms with E-state index in [0.29, 0.717) is 36.5 Å². The Hall–Kier alpha value is -3.23. The average molecular weight is 445 g/mol. The number of phenolic OH excluding ortho intramolecular Hbond substituents is 1. The predicted molar refractivity (Wildman–Crippen MR) is 111 cm³/mol. The van der Waals surface area contributed by atoms with E-state index in [2.05, 4.69) is 0 Å². The van der Waals surface area contributed by atoms with Crippen LogP contribution in [0.5, 0.6) is 11.5 Å². The third-order valence-corrected chi connectivity index (χ3v) is 6.76. The molecule has 1 aromatic carbocycles. The molecule has 1 heterocycles. The minimum atomic E-state index is -0.951. The van der Waals surface area contributed by atoms with E-state index in [1.807, 2.05) is 6.07 Å². The number of piperidine rings is 1. The van der Waals surface area contributed by atoms with Gasteiger partial charge in [-0.15, -0.1) is 0 Å². The van der Waals surface area contributed by atoms with Gasteiger partial charge in [0.15, 0.2) is 17.6 Å². The van der Waals surface area contributed by atoms with Crippen LogP contribution in [0.1, 0.15) is 37.8 Å². The van der Waals surface area contributed by atoms with Gasteiger partial charge in [0.25, 0.3) is 0 Å². The smallest absolute Gasteiger partial charge is 0.303 e. The topological polar surface area (TPSA) is 112 Å². The zero-order chi connectivity index (χ0) is 23.2. The monoisotopic (exact) mass is 445 g/mol. The van der Waals surface area contributed by atoms with Crippen molar-refractivity contribution in [2.24, 2.45) is 0 Å². The van der Waals surface area contributed by atoms with E-state index in [4.69, 9.17) is 18.9 Å². The Morgan fingerprint density at radius 2 is 1.88 bits per heavy atom. The maximum atomic E-state index is 11.9. The molecular weight excluding hydrogens is 418 g/mol. The second-order valence-electron chi connectivity index (χ2n) is 8.41. The van der Waals surface area contributed by atoms with Crippen molar-refractivity contribution in [2.45, 2.75) is 56.8 Å². The van der Waals surface area contributed by atoms with Gasteiger partial charge >= 0.3 is 11.9 Å². The Labute approximate surface area is 185 Å². The lowest BCUT2D eigenvalue weighted by atomic mass is 9.55. The van der Waals surface area contributed by atoms with E-state index >= 15 is 0 Å². The molecule has 4 rings (SSSR count). The number of ether oxygens (including phenoxy) is 4. The Balaban J connectivity index is 2.02. The van der Waals surface area contributed by atoms with Crippen LogP contribution in [0.25, 0.3) is 0 Å². The molecule has 1 aliphatic heterocycles. The number of likely N-dealkylation sites (tertiary alicyclic amines) is 1. The minimum Gasteiger partial charge on any atom is -0.504 e. The van der Waals surface area contributed by atoms with Crippen molar-refractivity contribution < 1.29 is 38.4 Å². The fraction of sp³-hybridized carbons (Fsp3) is 0.522. The molecule has 1 fully saturated rings. The Bertz CT molecular complexity index is 1000. The van der Waals surface area contributed by atoms with Crippen molar-refractivity contribution in [3.05, 3.63) is 34.6 Å². The number of esters is 2. The minimum absolute atomic E-state index is 0.0171. The van der Waals surface area contributed by atoms with Crippen LogP contribution in [-0.2, 0) is 40.4 Å². The Morgan fingerprint density at radius 3 is 2.47 bits per heavy atom. The molecule has 3 aliphatic rings. The summed E-state index contributed by atoms with van der Waals surface area (Å²) in [5.74, 6) is -0.365. The summed E-state index contributed by atoms with van der Waals surface area (Å²) in [6, 6.07) is 3.25. The third kappa shape index (κ3) is 3.18. The molecule has 2 aliphatic carbocycles. The number of methoxy groups -OCH3 is 2. The fourth-order valence-electron chi connectivity index (χ4n) is 5.73. The Morgan fingerprint density at radius 1 is 1.16 bits per heavy atom. The highest BCUT2D eigenvalue weighted by atomic mass is 16.6. The molecule has 32 heavy (non-hydrogen) atoms. The van der Waals surface area contributed by atoms with E-state index < -0.39 is 29.6 Å². The van der Waals surface area contributed by atoms with E-state index in [9.17, 15) is 19.5 Å². The largest absolute Gasteiger partial charge is 0.504 e. The molecule has 0 saturated carbocycles. The molecule has 1 saturated heterocycles. The van der Waals surface area contributed by atoms with Crippen molar-refractivity contribution in [1.29, 1.82) is 0 Å².